The molecule has 0 spiro atoms. The molecule has 4 nitrogen and oxygen atoms in total. The molecule has 0 radical (unpaired) electrons. The second-order valence-corrected chi connectivity index (χ2v) is 5.55. The van der Waals surface area contributed by atoms with E-state index in [1.54, 1.807) is 12.1 Å². The molecular weight excluding hydrogens is 300 g/mol. The Balaban J connectivity index is 2.04. The highest BCUT2D eigenvalue weighted by Crippen LogP contribution is 2.19. The van der Waals surface area contributed by atoms with Crippen molar-refractivity contribution < 1.29 is 9.53 Å². The normalized spacial score (nSPS) is 10.3. The average Bonchev–Trinajstić information content (AvgIpc) is 2.62. The van der Waals surface area contributed by atoms with Crippen molar-refractivity contribution in [3.8, 4) is 5.75 Å². The molecule has 0 aromatic heterocycles. The number of ether oxygens (including phenoxy) is 1. The summed E-state index contributed by atoms with van der Waals surface area (Å²) in [4.78, 5) is 14.7. The van der Waals surface area contributed by atoms with Gasteiger partial charge in [0.15, 0.2) is 0 Å². The Hall–Kier alpha value is -2.49. The molecule has 128 valence electrons. The Morgan fingerprint density at radius 2 is 1.75 bits per heavy atom. The van der Waals surface area contributed by atoms with Crippen molar-refractivity contribution in [2.45, 2.75) is 27.2 Å². The molecule has 0 aliphatic carbocycles. The van der Waals surface area contributed by atoms with Gasteiger partial charge in [-0.1, -0.05) is 13.0 Å². The summed E-state index contributed by atoms with van der Waals surface area (Å²) in [6, 6.07) is 15.2. The second kappa shape index (κ2) is 8.96. The van der Waals surface area contributed by atoms with Gasteiger partial charge in [0.1, 0.15) is 5.75 Å². The predicted molar refractivity (Wildman–Crippen MR) is 100 cm³/mol. The Labute approximate surface area is 144 Å². The maximum atomic E-state index is 12.4. The van der Waals surface area contributed by atoms with Crippen LogP contribution in [0.3, 0.4) is 0 Å². The van der Waals surface area contributed by atoms with Crippen LogP contribution in [0.15, 0.2) is 48.5 Å². The van der Waals surface area contributed by atoms with Crippen LogP contribution < -0.4 is 15.0 Å². The number of anilines is 2. The number of carbonyl (C=O) groups excluding carboxylic acids is 1. The van der Waals surface area contributed by atoms with Crippen molar-refractivity contribution in [2.75, 3.05) is 29.9 Å². The van der Waals surface area contributed by atoms with E-state index in [2.05, 4.69) is 31.0 Å². The van der Waals surface area contributed by atoms with Crippen LogP contribution in [0, 0.1) is 0 Å². The SMILES string of the molecule is CCCOc1cccc(C(=O)Nc2ccc(N(CC)CC)cc2)c1. The van der Waals surface area contributed by atoms with Crippen LogP contribution in [0.5, 0.6) is 5.75 Å². The summed E-state index contributed by atoms with van der Waals surface area (Å²) in [5, 5.41) is 2.93. The Bertz CT molecular complexity index is 649. The molecule has 0 aliphatic heterocycles. The lowest BCUT2D eigenvalue weighted by Gasteiger charge is -2.21. The van der Waals surface area contributed by atoms with Crippen LogP contribution in [0.2, 0.25) is 0 Å². The van der Waals surface area contributed by atoms with Crippen molar-refractivity contribution >= 4 is 17.3 Å². The van der Waals surface area contributed by atoms with E-state index in [0.717, 1.165) is 36.6 Å². The monoisotopic (exact) mass is 326 g/mol. The summed E-state index contributed by atoms with van der Waals surface area (Å²) in [5.41, 5.74) is 2.54. The molecule has 0 saturated heterocycles. The molecule has 0 unspecified atom stereocenters. The number of nitrogens with zero attached hydrogens (tertiary/aromatic N) is 1. The van der Waals surface area contributed by atoms with Crippen molar-refractivity contribution in [3.05, 3.63) is 54.1 Å². The third kappa shape index (κ3) is 4.75. The van der Waals surface area contributed by atoms with Gasteiger partial charge in [0, 0.05) is 30.0 Å². The van der Waals surface area contributed by atoms with Crippen molar-refractivity contribution in [1.29, 1.82) is 0 Å². The van der Waals surface area contributed by atoms with Gasteiger partial charge in [0.25, 0.3) is 5.91 Å². The smallest absolute Gasteiger partial charge is 0.255 e. The molecule has 0 aliphatic rings. The summed E-state index contributed by atoms with van der Waals surface area (Å²) >= 11 is 0. The van der Waals surface area contributed by atoms with Gasteiger partial charge < -0.3 is 15.0 Å². The van der Waals surface area contributed by atoms with E-state index in [0.29, 0.717) is 12.2 Å². The van der Waals surface area contributed by atoms with Gasteiger partial charge in [-0.3, -0.25) is 4.79 Å². The molecule has 0 atom stereocenters. The molecule has 1 N–H and O–H groups in total. The number of benzene rings is 2. The fraction of sp³-hybridized carbons (Fsp3) is 0.350. The first kappa shape index (κ1) is 17.9. The minimum atomic E-state index is -0.132. The third-order valence-corrected chi connectivity index (χ3v) is 3.82. The van der Waals surface area contributed by atoms with Crippen LogP contribution in [-0.2, 0) is 0 Å². The molecule has 24 heavy (non-hydrogen) atoms. The summed E-state index contributed by atoms with van der Waals surface area (Å²) < 4.78 is 5.58. The van der Waals surface area contributed by atoms with Crippen LogP contribution in [0.25, 0.3) is 0 Å². The minimum Gasteiger partial charge on any atom is -0.494 e. The number of amides is 1. The number of hydrogen-bond donors (Lipinski definition) is 1. The fourth-order valence-electron chi connectivity index (χ4n) is 2.49. The van der Waals surface area contributed by atoms with Gasteiger partial charge in [-0.05, 0) is 62.7 Å². The van der Waals surface area contributed by atoms with Crippen LogP contribution in [0.1, 0.15) is 37.6 Å². The van der Waals surface area contributed by atoms with E-state index in [1.165, 1.54) is 0 Å². The highest BCUT2D eigenvalue weighted by Gasteiger charge is 2.08. The second-order valence-electron chi connectivity index (χ2n) is 5.55. The first-order valence-electron chi connectivity index (χ1n) is 8.57. The molecule has 2 rings (SSSR count). The molecular formula is C20H26N2O2. The zero-order chi connectivity index (χ0) is 17.4. The van der Waals surface area contributed by atoms with E-state index in [-0.39, 0.29) is 5.91 Å². The first-order valence-corrected chi connectivity index (χ1v) is 8.57. The Morgan fingerprint density at radius 1 is 1.04 bits per heavy atom. The predicted octanol–water partition coefficient (Wildman–Crippen LogP) is 4.57. The van der Waals surface area contributed by atoms with Gasteiger partial charge in [0.2, 0.25) is 0 Å². The Morgan fingerprint density at radius 3 is 2.38 bits per heavy atom. The van der Waals surface area contributed by atoms with E-state index < -0.39 is 0 Å². The van der Waals surface area contributed by atoms with Gasteiger partial charge in [-0.2, -0.15) is 0 Å². The third-order valence-electron chi connectivity index (χ3n) is 3.82. The maximum Gasteiger partial charge on any atom is 0.255 e. The molecule has 4 heteroatoms. The lowest BCUT2D eigenvalue weighted by molar-refractivity contribution is 0.102. The van der Waals surface area contributed by atoms with Gasteiger partial charge in [-0.15, -0.1) is 0 Å². The summed E-state index contributed by atoms with van der Waals surface area (Å²) in [7, 11) is 0. The molecule has 2 aromatic rings. The molecule has 0 bridgehead atoms. The lowest BCUT2D eigenvalue weighted by atomic mass is 10.2. The van der Waals surface area contributed by atoms with Crippen molar-refractivity contribution in [1.82, 2.24) is 0 Å². The molecule has 0 heterocycles. The quantitative estimate of drug-likeness (QED) is 0.772. The number of rotatable bonds is 8. The maximum absolute atomic E-state index is 12.4. The van der Waals surface area contributed by atoms with E-state index >= 15 is 0 Å². The number of hydrogen-bond acceptors (Lipinski definition) is 3. The van der Waals surface area contributed by atoms with Crippen molar-refractivity contribution in [3.63, 3.8) is 0 Å². The summed E-state index contributed by atoms with van der Waals surface area (Å²) in [6.45, 7) is 8.90. The zero-order valence-corrected chi connectivity index (χ0v) is 14.7. The highest BCUT2D eigenvalue weighted by atomic mass is 16.5. The number of carbonyl (C=O) groups is 1. The first-order chi connectivity index (χ1) is 11.7. The largest absolute Gasteiger partial charge is 0.494 e. The lowest BCUT2D eigenvalue weighted by Crippen LogP contribution is -2.21. The van der Waals surface area contributed by atoms with Gasteiger partial charge >= 0.3 is 0 Å². The minimum absolute atomic E-state index is 0.132. The summed E-state index contributed by atoms with van der Waals surface area (Å²) in [6.07, 6.45) is 0.940. The van der Waals surface area contributed by atoms with Gasteiger partial charge in [-0.25, -0.2) is 0 Å². The van der Waals surface area contributed by atoms with Crippen LogP contribution >= 0.6 is 0 Å². The highest BCUT2D eigenvalue weighted by molar-refractivity contribution is 6.04. The average molecular weight is 326 g/mol. The topological polar surface area (TPSA) is 41.6 Å². The Kier molecular flexibility index (Phi) is 6.67. The van der Waals surface area contributed by atoms with E-state index in [4.69, 9.17) is 4.74 Å². The van der Waals surface area contributed by atoms with E-state index in [9.17, 15) is 4.79 Å². The molecule has 1 amide bonds. The van der Waals surface area contributed by atoms with Crippen molar-refractivity contribution in [2.24, 2.45) is 0 Å². The standard InChI is InChI=1S/C20H26N2O2/c1-4-14-24-19-9-7-8-16(15-19)20(23)21-17-10-12-18(13-11-17)22(5-2)6-3/h7-13,15H,4-6,14H2,1-3H3,(H,21,23). The number of nitrogens with one attached hydrogen (secondary N) is 1. The van der Waals surface area contributed by atoms with E-state index in [1.807, 2.05) is 36.4 Å². The zero-order valence-electron chi connectivity index (χ0n) is 14.7. The molecule has 2 aromatic carbocycles. The summed E-state index contributed by atoms with van der Waals surface area (Å²) in [5.74, 6) is 0.592. The molecule has 0 saturated carbocycles. The van der Waals surface area contributed by atoms with Crippen LogP contribution in [0.4, 0.5) is 11.4 Å². The fourth-order valence-corrected chi connectivity index (χ4v) is 2.49. The van der Waals surface area contributed by atoms with Gasteiger partial charge in [0.05, 0.1) is 6.61 Å². The molecule has 0 fully saturated rings. The van der Waals surface area contributed by atoms with Crippen LogP contribution in [-0.4, -0.2) is 25.6 Å².